The molecule has 1 aliphatic carbocycles. The summed E-state index contributed by atoms with van der Waals surface area (Å²) in [6, 6.07) is 1.93. The molecule has 0 saturated heterocycles. The number of anilines is 1. The molecule has 3 rings (SSSR count). The van der Waals surface area contributed by atoms with Gasteiger partial charge >= 0.3 is 0 Å². The molecule has 2 heterocycles. The van der Waals surface area contributed by atoms with Crippen LogP contribution in [-0.4, -0.2) is 41.7 Å². The molecule has 0 aliphatic heterocycles. The first-order valence-corrected chi connectivity index (χ1v) is 9.24. The molecule has 124 valence electrons. The van der Waals surface area contributed by atoms with Gasteiger partial charge in [-0.25, -0.2) is 23.1 Å². The minimum atomic E-state index is -3.23. The summed E-state index contributed by atoms with van der Waals surface area (Å²) in [6.45, 7) is 3.75. The highest BCUT2D eigenvalue weighted by atomic mass is 32.2. The van der Waals surface area contributed by atoms with E-state index in [9.17, 15) is 8.42 Å². The molecule has 23 heavy (non-hydrogen) atoms. The average molecular weight is 335 g/mol. The Morgan fingerprint density at radius 1 is 1.43 bits per heavy atom. The fraction of sp³-hybridized carbons (Fsp3) is 0.467. The zero-order valence-electron chi connectivity index (χ0n) is 13.5. The molecule has 0 radical (unpaired) electrons. The van der Waals surface area contributed by atoms with Crippen LogP contribution in [0.2, 0.25) is 0 Å². The van der Waals surface area contributed by atoms with Crippen molar-refractivity contribution in [2.45, 2.75) is 32.2 Å². The Morgan fingerprint density at radius 2 is 2.17 bits per heavy atom. The number of H-pyrrole nitrogens is 1. The Hall–Kier alpha value is -1.93. The third-order valence-corrected chi connectivity index (χ3v) is 5.70. The van der Waals surface area contributed by atoms with E-state index in [0.29, 0.717) is 12.8 Å². The van der Waals surface area contributed by atoms with Crippen LogP contribution in [0, 0.1) is 0 Å². The van der Waals surface area contributed by atoms with Crippen LogP contribution in [0.15, 0.2) is 30.4 Å². The number of aromatic amines is 1. The quantitative estimate of drug-likeness (QED) is 0.839. The van der Waals surface area contributed by atoms with E-state index in [1.807, 2.05) is 44.1 Å². The van der Waals surface area contributed by atoms with Gasteiger partial charge in [-0.2, -0.15) is 0 Å². The van der Waals surface area contributed by atoms with Crippen molar-refractivity contribution < 1.29 is 8.42 Å². The summed E-state index contributed by atoms with van der Waals surface area (Å²) >= 11 is 0. The van der Waals surface area contributed by atoms with E-state index in [1.54, 1.807) is 0 Å². The van der Waals surface area contributed by atoms with E-state index in [4.69, 9.17) is 0 Å². The maximum absolute atomic E-state index is 11.9. The van der Waals surface area contributed by atoms with E-state index in [2.05, 4.69) is 19.7 Å². The maximum atomic E-state index is 11.9. The van der Waals surface area contributed by atoms with Crippen LogP contribution in [0.3, 0.4) is 0 Å². The number of aromatic nitrogens is 3. The van der Waals surface area contributed by atoms with Gasteiger partial charge in [0.1, 0.15) is 17.8 Å². The van der Waals surface area contributed by atoms with Crippen LogP contribution in [0.1, 0.15) is 26.7 Å². The van der Waals surface area contributed by atoms with Crippen molar-refractivity contribution in [3.05, 3.63) is 30.4 Å². The first-order valence-electron chi connectivity index (χ1n) is 7.59. The molecule has 8 heteroatoms. The number of nitrogens with zero attached hydrogens (tertiary/aromatic N) is 3. The van der Waals surface area contributed by atoms with Crippen molar-refractivity contribution >= 4 is 26.9 Å². The lowest BCUT2D eigenvalue weighted by Crippen LogP contribution is -2.52. The zero-order chi connectivity index (χ0) is 16.7. The van der Waals surface area contributed by atoms with Gasteiger partial charge in [0.15, 0.2) is 0 Å². The van der Waals surface area contributed by atoms with Crippen LogP contribution >= 0.6 is 0 Å². The average Bonchev–Trinajstić information content (AvgIpc) is 2.91. The van der Waals surface area contributed by atoms with Crippen molar-refractivity contribution in [2.75, 3.05) is 17.7 Å². The monoisotopic (exact) mass is 335 g/mol. The van der Waals surface area contributed by atoms with Gasteiger partial charge in [0.2, 0.25) is 10.0 Å². The molecule has 2 N–H and O–H groups in total. The molecule has 0 aromatic carbocycles. The standard InChI is InChI=1S/C15H21N5O2S/c1-4-7-23(21,22)19-15(2)8-11(9-15)20(3)14-12-5-6-16-13(12)17-10-18-14/h5-6,8,10,19H,4,7,9H2,1-3H3,(H,16,17,18). The van der Waals surface area contributed by atoms with Gasteiger partial charge in [0, 0.05) is 25.4 Å². The van der Waals surface area contributed by atoms with Crippen molar-refractivity contribution in [2.24, 2.45) is 0 Å². The van der Waals surface area contributed by atoms with Crippen LogP contribution in [-0.2, 0) is 10.0 Å². The van der Waals surface area contributed by atoms with Crippen LogP contribution < -0.4 is 9.62 Å². The summed E-state index contributed by atoms with van der Waals surface area (Å²) in [5.41, 5.74) is 1.29. The first-order chi connectivity index (χ1) is 10.8. The third-order valence-electron chi connectivity index (χ3n) is 3.98. The van der Waals surface area contributed by atoms with E-state index >= 15 is 0 Å². The van der Waals surface area contributed by atoms with Gasteiger partial charge in [0.25, 0.3) is 0 Å². The Kier molecular flexibility index (Phi) is 3.89. The molecule has 0 fully saturated rings. The van der Waals surface area contributed by atoms with Crippen molar-refractivity contribution in [3.63, 3.8) is 0 Å². The summed E-state index contributed by atoms with van der Waals surface area (Å²) in [5, 5.41) is 0.941. The molecule has 1 atom stereocenters. The lowest BCUT2D eigenvalue weighted by atomic mass is 9.84. The fourth-order valence-corrected chi connectivity index (χ4v) is 4.41. The van der Waals surface area contributed by atoms with Crippen molar-refractivity contribution in [3.8, 4) is 0 Å². The minimum absolute atomic E-state index is 0.150. The number of rotatable bonds is 6. The number of hydrogen-bond donors (Lipinski definition) is 2. The van der Waals surface area contributed by atoms with Gasteiger partial charge < -0.3 is 9.88 Å². The van der Waals surface area contributed by atoms with E-state index < -0.39 is 15.6 Å². The molecule has 0 amide bonds. The molecule has 0 spiro atoms. The van der Waals surface area contributed by atoms with Crippen molar-refractivity contribution in [1.29, 1.82) is 0 Å². The van der Waals surface area contributed by atoms with Gasteiger partial charge in [-0.05, 0) is 25.5 Å². The Labute approximate surface area is 135 Å². The van der Waals surface area contributed by atoms with E-state index in [1.165, 1.54) is 6.33 Å². The third kappa shape index (κ3) is 3.09. The van der Waals surface area contributed by atoms with Crippen molar-refractivity contribution in [1.82, 2.24) is 19.7 Å². The molecule has 2 aromatic heterocycles. The predicted octanol–water partition coefficient (Wildman–Crippen LogP) is 1.77. The maximum Gasteiger partial charge on any atom is 0.212 e. The lowest BCUT2D eigenvalue weighted by Gasteiger charge is -2.40. The van der Waals surface area contributed by atoms with Gasteiger partial charge in [-0.1, -0.05) is 6.92 Å². The largest absolute Gasteiger partial charge is 0.346 e. The summed E-state index contributed by atoms with van der Waals surface area (Å²) in [5.74, 6) is 0.957. The second-order valence-electron chi connectivity index (χ2n) is 6.15. The molecule has 1 aliphatic rings. The molecular weight excluding hydrogens is 314 g/mol. The number of sulfonamides is 1. The number of hydrogen-bond acceptors (Lipinski definition) is 5. The highest BCUT2D eigenvalue weighted by Gasteiger charge is 2.37. The second-order valence-corrected chi connectivity index (χ2v) is 7.99. The highest BCUT2D eigenvalue weighted by Crippen LogP contribution is 2.36. The van der Waals surface area contributed by atoms with Gasteiger partial charge in [0.05, 0.1) is 16.7 Å². The van der Waals surface area contributed by atoms with Gasteiger partial charge in [-0.3, -0.25) is 0 Å². The Morgan fingerprint density at radius 3 is 2.87 bits per heavy atom. The van der Waals surface area contributed by atoms with Crippen LogP contribution in [0.25, 0.3) is 11.0 Å². The number of nitrogens with one attached hydrogen (secondary N) is 2. The molecule has 2 aromatic rings. The SMILES string of the molecule is CCCS(=O)(=O)NC1(C)C=C(N(C)c2ncnc3[nH]ccc23)C1. The summed E-state index contributed by atoms with van der Waals surface area (Å²) in [4.78, 5) is 13.6. The topological polar surface area (TPSA) is 91.0 Å². The first kappa shape index (κ1) is 15.9. The number of fused-ring (bicyclic) bond motifs is 1. The normalized spacial score (nSPS) is 21.1. The summed E-state index contributed by atoms with van der Waals surface area (Å²) < 4.78 is 26.7. The lowest BCUT2D eigenvalue weighted by molar-refractivity contribution is 0.448. The Bertz CT molecular complexity index is 858. The van der Waals surface area contributed by atoms with E-state index in [-0.39, 0.29) is 5.75 Å². The molecular formula is C15H21N5O2S. The molecule has 7 nitrogen and oxygen atoms in total. The molecule has 0 saturated carbocycles. The van der Waals surface area contributed by atoms with Crippen LogP contribution in [0.4, 0.5) is 5.82 Å². The zero-order valence-corrected chi connectivity index (χ0v) is 14.3. The Balaban J connectivity index is 1.81. The highest BCUT2D eigenvalue weighted by molar-refractivity contribution is 7.89. The van der Waals surface area contributed by atoms with Crippen LogP contribution in [0.5, 0.6) is 0 Å². The van der Waals surface area contributed by atoms with Gasteiger partial charge in [-0.15, -0.1) is 0 Å². The second kappa shape index (κ2) is 5.61. The smallest absolute Gasteiger partial charge is 0.212 e. The summed E-state index contributed by atoms with van der Waals surface area (Å²) in [7, 11) is -1.30. The molecule has 0 bridgehead atoms. The minimum Gasteiger partial charge on any atom is -0.346 e. The summed E-state index contributed by atoms with van der Waals surface area (Å²) in [6.07, 6.45) is 6.53. The molecule has 1 unspecified atom stereocenters. The van der Waals surface area contributed by atoms with E-state index in [0.717, 1.165) is 22.5 Å². The predicted molar refractivity (Wildman–Crippen MR) is 90.6 cm³/mol. The fourth-order valence-electron chi connectivity index (χ4n) is 2.93.